The first-order chi connectivity index (χ1) is 14.1. The summed E-state index contributed by atoms with van der Waals surface area (Å²) >= 11 is 4.52. The minimum Gasteiger partial charge on any atom is -0.351 e. The molecule has 1 amide bonds. The predicted molar refractivity (Wildman–Crippen MR) is 123 cm³/mol. The van der Waals surface area contributed by atoms with E-state index in [1.54, 1.807) is 11.3 Å². The highest BCUT2D eigenvalue weighted by Gasteiger charge is 2.14. The smallest absolute Gasteiger partial charge is 0.260 e. The summed E-state index contributed by atoms with van der Waals surface area (Å²) in [5, 5.41) is 7.53. The maximum atomic E-state index is 12.6. The van der Waals surface area contributed by atoms with Crippen molar-refractivity contribution in [1.29, 1.82) is 0 Å². The van der Waals surface area contributed by atoms with Crippen molar-refractivity contribution < 1.29 is 4.79 Å². The molecule has 1 aromatic carbocycles. The molecule has 0 radical (unpaired) electrons. The number of carbonyl (C=O) groups is 1. The van der Waals surface area contributed by atoms with Crippen LogP contribution in [0.25, 0.3) is 20.7 Å². The van der Waals surface area contributed by atoms with Crippen molar-refractivity contribution in [1.82, 2.24) is 15.3 Å². The fraction of sp³-hybridized carbons (Fsp3) is 0.190. The van der Waals surface area contributed by atoms with Crippen LogP contribution in [0.4, 0.5) is 0 Å². The zero-order valence-corrected chi connectivity index (χ0v) is 18.2. The molecule has 0 saturated carbocycles. The molecule has 0 saturated heterocycles. The van der Waals surface area contributed by atoms with Gasteiger partial charge in [-0.25, -0.2) is 4.98 Å². The second-order valence-corrected chi connectivity index (χ2v) is 9.37. The number of thiophene rings is 2. The van der Waals surface area contributed by atoms with E-state index in [0.717, 1.165) is 20.8 Å². The van der Waals surface area contributed by atoms with Gasteiger partial charge in [0.2, 0.25) is 5.91 Å². The number of H-pyrrole nitrogens is 1. The first-order valence-corrected chi connectivity index (χ1v) is 12.0. The summed E-state index contributed by atoms with van der Waals surface area (Å²) in [6.45, 7) is 2.55. The number of aromatic amines is 1. The van der Waals surface area contributed by atoms with E-state index in [4.69, 9.17) is 0 Å². The third-order valence-corrected chi connectivity index (χ3v) is 7.08. The lowest BCUT2D eigenvalue weighted by atomic mass is 10.1. The normalized spacial score (nSPS) is 11.1. The second kappa shape index (κ2) is 8.94. The van der Waals surface area contributed by atoms with Crippen LogP contribution in [0.5, 0.6) is 0 Å². The van der Waals surface area contributed by atoms with Crippen LogP contribution in [0.2, 0.25) is 0 Å². The molecule has 29 heavy (non-hydrogen) atoms. The van der Waals surface area contributed by atoms with Crippen LogP contribution >= 0.6 is 34.4 Å². The number of nitrogens with one attached hydrogen (secondary N) is 2. The number of carbonyl (C=O) groups excluding carboxylic acids is 1. The Kier molecular flexibility index (Phi) is 6.13. The van der Waals surface area contributed by atoms with Crippen molar-refractivity contribution in [2.45, 2.75) is 19.2 Å². The number of hydrogen-bond donors (Lipinski definition) is 2. The van der Waals surface area contributed by atoms with Gasteiger partial charge in [-0.3, -0.25) is 9.59 Å². The highest BCUT2D eigenvalue weighted by Crippen LogP contribution is 2.33. The number of aryl methyl sites for hydroxylation is 1. The van der Waals surface area contributed by atoms with E-state index < -0.39 is 0 Å². The molecule has 4 aromatic rings. The van der Waals surface area contributed by atoms with Crippen LogP contribution in [0.1, 0.15) is 17.0 Å². The quantitative estimate of drug-likeness (QED) is 0.440. The molecule has 2 N–H and O–H groups in total. The molecular formula is C21H19N3O2S3. The molecular weight excluding hydrogens is 422 g/mol. The van der Waals surface area contributed by atoms with Gasteiger partial charge in [0.05, 0.1) is 16.9 Å². The molecule has 0 aliphatic rings. The number of nitrogens with zero attached hydrogens (tertiary/aromatic N) is 1. The number of fused-ring (bicyclic) bond motifs is 1. The predicted octanol–water partition coefficient (Wildman–Crippen LogP) is 4.57. The molecule has 3 heterocycles. The van der Waals surface area contributed by atoms with Crippen molar-refractivity contribution >= 4 is 50.6 Å². The van der Waals surface area contributed by atoms with Crippen LogP contribution in [0.3, 0.4) is 0 Å². The first kappa shape index (κ1) is 19.9. The molecule has 3 aromatic heterocycles. The van der Waals surface area contributed by atoms with E-state index in [1.165, 1.54) is 28.7 Å². The van der Waals surface area contributed by atoms with Crippen molar-refractivity contribution in [3.8, 4) is 10.4 Å². The summed E-state index contributed by atoms with van der Waals surface area (Å²) in [7, 11) is 0. The van der Waals surface area contributed by atoms with Crippen molar-refractivity contribution in [3.05, 3.63) is 74.5 Å². The zero-order valence-electron chi connectivity index (χ0n) is 15.7. The van der Waals surface area contributed by atoms with Crippen LogP contribution in [-0.2, 0) is 17.1 Å². The molecule has 8 heteroatoms. The lowest BCUT2D eigenvalue weighted by Gasteiger charge is -2.06. The minimum absolute atomic E-state index is 0.0323. The van der Waals surface area contributed by atoms with Crippen molar-refractivity contribution in [3.63, 3.8) is 0 Å². The molecule has 5 nitrogen and oxygen atoms in total. The average molecular weight is 442 g/mol. The molecule has 0 aliphatic heterocycles. The zero-order chi connectivity index (χ0) is 20.2. The second-order valence-electron chi connectivity index (χ2n) is 6.57. The highest BCUT2D eigenvalue weighted by molar-refractivity contribution is 7.99. The van der Waals surface area contributed by atoms with Gasteiger partial charge in [0, 0.05) is 22.4 Å². The summed E-state index contributed by atoms with van der Waals surface area (Å²) in [5.74, 6) is 1.36. The Bertz CT molecular complexity index is 1180. The van der Waals surface area contributed by atoms with Crippen LogP contribution < -0.4 is 10.9 Å². The van der Waals surface area contributed by atoms with Gasteiger partial charge in [0.15, 0.2) is 0 Å². The van der Waals surface area contributed by atoms with Gasteiger partial charge in [-0.15, -0.1) is 34.4 Å². The number of amides is 1. The fourth-order valence-electron chi connectivity index (χ4n) is 2.87. The van der Waals surface area contributed by atoms with Gasteiger partial charge >= 0.3 is 0 Å². The Hall–Kier alpha value is -2.42. The number of hydrogen-bond acceptors (Lipinski definition) is 6. The standard InChI is InChI=1S/C21H19N3O2S3/c1-13-4-6-14(7-5-13)9-22-18(25)12-27-11-17-23-20(26)19-15(10-29-21(19)24-17)16-3-2-8-28-16/h2-8,10H,9,11-12H2,1H3,(H,22,25)(H,23,24,26). The maximum Gasteiger partial charge on any atom is 0.260 e. The average Bonchev–Trinajstić information content (AvgIpc) is 3.37. The van der Waals surface area contributed by atoms with Gasteiger partial charge in [-0.1, -0.05) is 35.9 Å². The topological polar surface area (TPSA) is 74.8 Å². The molecule has 0 atom stereocenters. The molecule has 0 bridgehead atoms. The first-order valence-electron chi connectivity index (χ1n) is 9.04. The Balaban J connectivity index is 1.34. The summed E-state index contributed by atoms with van der Waals surface area (Å²) in [4.78, 5) is 33.9. The summed E-state index contributed by atoms with van der Waals surface area (Å²) in [6.07, 6.45) is 0. The Morgan fingerprint density at radius 3 is 2.79 bits per heavy atom. The Morgan fingerprint density at radius 2 is 2.03 bits per heavy atom. The third kappa shape index (κ3) is 4.77. The van der Waals surface area contributed by atoms with Gasteiger partial charge in [-0.2, -0.15) is 0 Å². The van der Waals surface area contributed by atoms with Crippen LogP contribution in [0, 0.1) is 6.92 Å². The van der Waals surface area contributed by atoms with E-state index in [2.05, 4.69) is 15.3 Å². The molecule has 0 fully saturated rings. The van der Waals surface area contributed by atoms with Gasteiger partial charge in [0.1, 0.15) is 10.7 Å². The maximum absolute atomic E-state index is 12.6. The number of aromatic nitrogens is 2. The van der Waals surface area contributed by atoms with Gasteiger partial charge in [-0.05, 0) is 23.9 Å². The monoisotopic (exact) mass is 441 g/mol. The largest absolute Gasteiger partial charge is 0.351 e. The number of benzene rings is 1. The van der Waals surface area contributed by atoms with E-state index in [-0.39, 0.29) is 11.5 Å². The molecule has 148 valence electrons. The molecule has 0 unspecified atom stereocenters. The van der Waals surface area contributed by atoms with Crippen molar-refractivity contribution in [2.24, 2.45) is 0 Å². The lowest BCUT2D eigenvalue weighted by molar-refractivity contribution is -0.118. The summed E-state index contributed by atoms with van der Waals surface area (Å²) in [5.41, 5.74) is 3.08. The van der Waals surface area contributed by atoms with E-state index in [9.17, 15) is 9.59 Å². The van der Waals surface area contributed by atoms with Gasteiger partial charge < -0.3 is 10.3 Å². The molecule has 4 rings (SSSR count). The molecule has 0 aliphatic carbocycles. The fourth-order valence-corrected chi connectivity index (χ4v) is 5.37. The highest BCUT2D eigenvalue weighted by atomic mass is 32.2. The van der Waals surface area contributed by atoms with E-state index in [0.29, 0.717) is 29.3 Å². The van der Waals surface area contributed by atoms with Crippen LogP contribution in [-0.4, -0.2) is 21.6 Å². The Morgan fingerprint density at radius 1 is 1.21 bits per heavy atom. The van der Waals surface area contributed by atoms with E-state index in [1.807, 2.05) is 54.1 Å². The third-order valence-electron chi connectivity index (χ3n) is 4.36. The van der Waals surface area contributed by atoms with Gasteiger partial charge in [0.25, 0.3) is 5.56 Å². The van der Waals surface area contributed by atoms with Crippen LogP contribution in [0.15, 0.2) is 52.0 Å². The summed E-state index contributed by atoms with van der Waals surface area (Å²) < 4.78 is 0. The SMILES string of the molecule is Cc1ccc(CNC(=O)CSCc2nc3scc(-c4cccs4)c3c(=O)[nH]2)cc1. The van der Waals surface area contributed by atoms with E-state index >= 15 is 0 Å². The minimum atomic E-state index is -0.126. The number of rotatable bonds is 7. The van der Waals surface area contributed by atoms with Crippen molar-refractivity contribution in [2.75, 3.05) is 5.75 Å². The Labute approximate surface area is 180 Å². The summed E-state index contributed by atoms with van der Waals surface area (Å²) in [6, 6.07) is 12.1. The lowest BCUT2D eigenvalue weighted by Crippen LogP contribution is -2.24. The molecule has 0 spiro atoms. The number of thioether (sulfide) groups is 1.